The molecule has 2 unspecified atom stereocenters. The van der Waals surface area contributed by atoms with Gasteiger partial charge in [0.2, 0.25) is 5.91 Å². The van der Waals surface area contributed by atoms with Crippen LogP contribution in [0.25, 0.3) is 0 Å². The predicted octanol–water partition coefficient (Wildman–Crippen LogP) is 1.72. The van der Waals surface area contributed by atoms with E-state index in [1.807, 2.05) is 0 Å². The molecule has 0 aromatic carbocycles. The van der Waals surface area contributed by atoms with E-state index in [9.17, 15) is 4.79 Å². The van der Waals surface area contributed by atoms with Crippen molar-refractivity contribution >= 4 is 5.91 Å². The number of hydrogen-bond acceptors (Lipinski definition) is 1. The lowest BCUT2D eigenvalue weighted by Crippen LogP contribution is -2.31. The van der Waals surface area contributed by atoms with E-state index in [0.717, 1.165) is 31.2 Å². The van der Waals surface area contributed by atoms with Crippen molar-refractivity contribution < 1.29 is 4.79 Å². The van der Waals surface area contributed by atoms with E-state index in [2.05, 4.69) is 24.4 Å². The number of carbonyl (C=O) groups excluding carboxylic acids is 1. The number of rotatable bonds is 3. The molecule has 2 heteroatoms. The highest BCUT2D eigenvalue weighted by molar-refractivity contribution is 5.79. The Balaban J connectivity index is 1.66. The monoisotopic (exact) mass is 179 g/mol. The van der Waals surface area contributed by atoms with Gasteiger partial charge in [-0.2, -0.15) is 0 Å². The van der Waals surface area contributed by atoms with Gasteiger partial charge in [-0.05, 0) is 31.1 Å². The van der Waals surface area contributed by atoms with Crippen LogP contribution in [-0.2, 0) is 4.79 Å². The topological polar surface area (TPSA) is 29.1 Å². The minimum atomic E-state index is 0.231. The maximum Gasteiger partial charge on any atom is 0.223 e. The van der Waals surface area contributed by atoms with Gasteiger partial charge < -0.3 is 5.32 Å². The quantitative estimate of drug-likeness (QED) is 0.657. The number of amides is 1. The minimum absolute atomic E-state index is 0.231. The standard InChI is InChI=1S/C11H17NO/c1-8-6-10(8)7-12-11(13)9-4-2-3-5-9/h2-3,8-10H,4-7H2,1H3,(H,12,13). The fourth-order valence-electron chi connectivity index (χ4n) is 1.89. The van der Waals surface area contributed by atoms with Crippen molar-refractivity contribution in [3.05, 3.63) is 12.2 Å². The summed E-state index contributed by atoms with van der Waals surface area (Å²) in [6, 6.07) is 0. The number of carbonyl (C=O) groups is 1. The first-order chi connectivity index (χ1) is 6.27. The molecule has 2 rings (SSSR count). The minimum Gasteiger partial charge on any atom is -0.356 e. The van der Waals surface area contributed by atoms with Crippen molar-refractivity contribution in [2.45, 2.75) is 26.2 Å². The van der Waals surface area contributed by atoms with Gasteiger partial charge in [0.05, 0.1) is 0 Å². The van der Waals surface area contributed by atoms with E-state index in [4.69, 9.17) is 0 Å². The third-order valence-electron chi connectivity index (χ3n) is 3.19. The highest BCUT2D eigenvalue weighted by Crippen LogP contribution is 2.36. The van der Waals surface area contributed by atoms with Gasteiger partial charge >= 0.3 is 0 Å². The third-order valence-corrected chi connectivity index (χ3v) is 3.19. The summed E-state index contributed by atoms with van der Waals surface area (Å²) in [5.41, 5.74) is 0. The molecule has 0 aliphatic heterocycles. The molecule has 2 aliphatic rings. The van der Waals surface area contributed by atoms with E-state index in [0.29, 0.717) is 0 Å². The zero-order chi connectivity index (χ0) is 9.26. The molecule has 0 aromatic rings. The number of nitrogens with one attached hydrogen (secondary N) is 1. The molecule has 1 saturated carbocycles. The highest BCUT2D eigenvalue weighted by Gasteiger charge is 2.33. The molecular formula is C11H17NO. The lowest BCUT2D eigenvalue weighted by Gasteiger charge is -2.09. The second-order valence-corrected chi connectivity index (χ2v) is 4.36. The van der Waals surface area contributed by atoms with Gasteiger partial charge in [-0.25, -0.2) is 0 Å². The summed E-state index contributed by atoms with van der Waals surface area (Å²) >= 11 is 0. The number of allylic oxidation sites excluding steroid dienone is 2. The lowest BCUT2D eigenvalue weighted by molar-refractivity contribution is -0.124. The van der Waals surface area contributed by atoms with Crippen molar-refractivity contribution in [2.24, 2.45) is 17.8 Å². The van der Waals surface area contributed by atoms with E-state index < -0.39 is 0 Å². The van der Waals surface area contributed by atoms with Crippen LogP contribution >= 0.6 is 0 Å². The summed E-state index contributed by atoms with van der Waals surface area (Å²) in [7, 11) is 0. The van der Waals surface area contributed by atoms with Crippen LogP contribution in [0.1, 0.15) is 26.2 Å². The SMILES string of the molecule is CC1CC1CNC(=O)C1CC=CC1. The Kier molecular flexibility index (Phi) is 2.38. The lowest BCUT2D eigenvalue weighted by atomic mass is 10.1. The van der Waals surface area contributed by atoms with E-state index in [-0.39, 0.29) is 11.8 Å². The fourth-order valence-corrected chi connectivity index (χ4v) is 1.89. The molecule has 13 heavy (non-hydrogen) atoms. The molecule has 0 radical (unpaired) electrons. The maximum absolute atomic E-state index is 11.5. The van der Waals surface area contributed by atoms with Crippen LogP contribution in [0.15, 0.2) is 12.2 Å². The molecule has 0 spiro atoms. The predicted molar refractivity (Wildman–Crippen MR) is 52.1 cm³/mol. The smallest absolute Gasteiger partial charge is 0.223 e. The van der Waals surface area contributed by atoms with Gasteiger partial charge in [0.25, 0.3) is 0 Å². The van der Waals surface area contributed by atoms with Gasteiger partial charge in [0, 0.05) is 12.5 Å². The van der Waals surface area contributed by atoms with Crippen LogP contribution < -0.4 is 5.32 Å². The molecule has 0 bridgehead atoms. The first-order valence-electron chi connectivity index (χ1n) is 5.20. The van der Waals surface area contributed by atoms with Crippen molar-refractivity contribution in [1.29, 1.82) is 0 Å². The molecular weight excluding hydrogens is 162 g/mol. The average molecular weight is 179 g/mol. The fraction of sp³-hybridized carbons (Fsp3) is 0.727. The van der Waals surface area contributed by atoms with Gasteiger partial charge in [0.1, 0.15) is 0 Å². The summed E-state index contributed by atoms with van der Waals surface area (Å²) in [5.74, 6) is 2.08. The molecule has 0 saturated heterocycles. The van der Waals surface area contributed by atoms with E-state index in [1.54, 1.807) is 0 Å². The maximum atomic E-state index is 11.5. The Morgan fingerprint density at radius 3 is 2.62 bits per heavy atom. The van der Waals surface area contributed by atoms with Crippen LogP contribution in [-0.4, -0.2) is 12.5 Å². The molecule has 0 heterocycles. The van der Waals surface area contributed by atoms with Crippen LogP contribution in [0.2, 0.25) is 0 Å². The van der Waals surface area contributed by atoms with Gasteiger partial charge in [-0.3, -0.25) is 4.79 Å². The Hall–Kier alpha value is -0.790. The summed E-state index contributed by atoms with van der Waals surface area (Å²) in [6.45, 7) is 3.14. The second-order valence-electron chi connectivity index (χ2n) is 4.36. The first-order valence-corrected chi connectivity index (χ1v) is 5.20. The van der Waals surface area contributed by atoms with Crippen molar-refractivity contribution in [3.63, 3.8) is 0 Å². The van der Waals surface area contributed by atoms with Gasteiger partial charge in [0.15, 0.2) is 0 Å². The van der Waals surface area contributed by atoms with Crippen molar-refractivity contribution in [3.8, 4) is 0 Å². The van der Waals surface area contributed by atoms with Crippen molar-refractivity contribution in [2.75, 3.05) is 6.54 Å². The van der Waals surface area contributed by atoms with Crippen LogP contribution in [0.5, 0.6) is 0 Å². The summed E-state index contributed by atoms with van der Waals surface area (Å²) in [5, 5.41) is 3.04. The molecule has 0 aromatic heterocycles. The zero-order valence-electron chi connectivity index (χ0n) is 8.12. The third kappa shape index (κ3) is 2.11. The van der Waals surface area contributed by atoms with Gasteiger partial charge in [-0.1, -0.05) is 19.1 Å². The zero-order valence-corrected chi connectivity index (χ0v) is 8.12. The van der Waals surface area contributed by atoms with E-state index >= 15 is 0 Å². The normalized spacial score (nSPS) is 32.1. The van der Waals surface area contributed by atoms with Crippen LogP contribution in [0.3, 0.4) is 0 Å². The summed E-state index contributed by atoms with van der Waals surface area (Å²) < 4.78 is 0. The van der Waals surface area contributed by atoms with Crippen molar-refractivity contribution in [1.82, 2.24) is 5.32 Å². The van der Waals surface area contributed by atoms with Crippen LogP contribution in [0, 0.1) is 17.8 Å². The molecule has 2 aliphatic carbocycles. The second kappa shape index (κ2) is 3.52. The Morgan fingerprint density at radius 2 is 2.08 bits per heavy atom. The molecule has 1 fully saturated rings. The Bertz CT molecular complexity index is 226. The summed E-state index contributed by atoms with van der Waals surface area (Å²) in [4.78, 5) is 11.5. The molecule has 1 N–H and O–H groups in total. The molecule has 2 nitrogen and oxygen atoms in total. The number of hydrogen-bond donors (Lipinski definition) is 1. The average Bonchev–Trinajstić information content (AvgIpc) is 2.67. The van der Waals surface area contributed by atoms with Crippen LogP contribution in [0.4, 0.5) is 0 Å². The molecule has 1 amide bonds. The largest absolute Gasteiger partial charge is 0.356 e. The summed E-state index contributed by atoms with van der Waals surface area (Å²) in [6.07, 6.45) is 7.37. The Morgan fingerprint density at radius 1 is 1.46 bits per heavy atom. The molecule has 2 atom stereocenters. The highest BCUT2D eigenvalue weighted by atomic mass is 16.1. The van der Waals surface area contributed by atoms with Gasteiger partial charge in [-0.15, -0.1) is 0 Å². The first kappa shape index (κ1) is 8.79. The molecule has 72 valence electrons. The Labute approximate surface area is 79.4 Å². The van der Waals surface area contributed by atoms with E-state index in [1.165, 1.54) is 6.42 Å².